The number of carbonyl (C=O) groups excluding carboxylic acids is 1. The van der Waals surface area contributed by atoms with Gasteiger partial charge in [0.25, 0.3) is 5.91 Å². The third kappa shape index (κ3) is 5.07. The number of nitrogens with one attached hydrogen (secondary N) is 1. The summed E-state index contributed by atoms with van der Waals surface area (Å²) < 4.78 is 5.62. The van der Waals surface area contributed by atoms with E-state index in [0.717, 1.165) is 0 Å². The lowest BCUT2D eigenvalue weighted by Gasteiger charge is -2.25. The van der Waals surface area contributed by atoms with Crippen LogP contribution in [0.3, 0.4) is 0 Å². The first-order chi connectivity index (χ1) is 10.9. The quantitative estimate of drug-likeness (QED) is 0.890. The highest BCUT2D eigenvalue weighted by atomic mass is 16.5. The summed E-state index contributed by atoms with van der Waals surface area (Å²) in [5.74, 6) is 1.04. The first-order valence-corrected chi connectivity index (χ1v) is 7.50. The summed E-state index contributed by atoms with van der Waals surface area (Å²) in [4.78, 5) is 16.0. The summed E-state index contributed by atoms with van der Waals surface area (Å²) >= 11 is 0. The number of hydrogen-bond acceptors (Lipinski definition) is 4. The molecule has 0 radical (unpaired) electrons. The second-order valence-corrected chi connectivity index (χ2v) is 6.41. The normalized spacial score (nSPS) is 12.5. The van der Waals surface area contributed by atoms with Crippen molar-refractivity contribution in [2.45, 2.75) is 26.9 Å². The fourth-order valence-corrected chi connectivity index (χ4v) is 1.82. The molecule has 23 heavy (non-hydrogen) atoms. The molecule has 122 valence electrons. The Hall–Kier alpha value is -2.40. The van der Waals surface area contributed by atoms with E-state index in [1.54, 1.807) is 42.7 Å². The molecule has 2 N–H and O–H groups in total. The molecular weight excluding hydrogens is 292 g/mol. The van der Waals surface area contributed by atoms with Crippen molar-refractivity contribution in [2.75, 3.05) is 6.54 Å². The van der Waals surface area contributed by atoms with Gasteiger partial charge in [-0.25, -0.2) is 0 Å². The van der Waals surface area contributed by atoms with E-state index in [0.29, 0.717) is 17.1 Å². The van der Waals surface area contributed by atoms with Gasteiger partial charge in [0, 0.05) is 18.3 Å². The van der Waals surface area contributed by atoms with Crippen molar-refractivity contribution < 1.29 is 14.6 Å². The van der Waals surface area contributed by atoms with E-state index in [4.69, 9.17) is 4.74 Å². The Morgan fingerprint density at radius 1 is 1.22 bits per heavy atom. The maximum absolute atomic E-state index is 12.1. The molecule has 1 aromatic heterocycles. The minimum absolute atomic E-state index is 0.219. The van der Waals surface area contributed by atoms with Crippen LogP contribution >= 0.6 is 0 Å². The average Bonchev–Trinajstić information content (AvgIpc) is 2.53. The van der Waals surface area contributed by atoms with Gasteiger partial charge in [0.1, 0.15) is 11.5 Å². The van der Waals surface area contributed by atoms with Crippen LogP contribution in [0.5, 0.6) is 11.5 Å². The highest BCUT2D eigenvalue weighted by molar-refractivity contribution is 5.94. The molecule has 5 nitrogen and oxygen atoms in total. The molecule has 1 aromatic carbocycles. The van der Waals surface area contributed by atoms with Gasteiger partial charge in [0.05, 0.1) is 12.3 Å². The zero-order valence-corrected chi connectivity index (χ0v) is 13.6. The Morgan fingerprint density at radius 2 is 1.91 bits per heavy atom. The van der Waals surface area contributed by atoms with E-state index in [1.165, 1.54) is 0 Å². The lowest BCUT2D eigenvalue weighted by atomic mass is 9.89. The summed E-state index contributed by atoms with van der Waals surface area (Å²) in [6, 6.07) is 10.4. The van der Waals surface area contributed by atoms with Crippen molar-refractivity contribution in [3.8, 4) is 11.5 Å². The summed E-state index contributed by atoms with van der Waals surface area (Å²) in [6.07, 6.45) is 2.69. The van der Waals surface area contributed by atoms with Gasteiger partial charge >= 0.3 is 0 Å². The minimum atomic E-state index is -0.598. The Balaban J connectivity index is 1.92. The molecule has 0 fully saturated rings. The number of aliphatic hydroxyl groups is 1. The monoisotopic (exact) mass is 314 g/mol. The maximum Gasteiger partial charge on any atom is 0.251 e. The van der Waals surface area contributed by atoms with E-state index in [9.17, 15) is 9.90 Å². The van der Waals surface area contributed by atoms with Gasteiger partial charge in [0.2, 0.25) is 0 Å². The standard InChI is InChI=1S/C18H22N2O3/c1-18(2,3)16(21)12-20-17(22)13-6-8-14(9-7-13)23-15-5-4-10-19-11-15/h4-11,16,21H,12H2,1-3H3,(H,20,22). The molecule has 0 spiro atoms. The third-order valence-corrected chi connectivity index (χ3v) is 3.44. The molecule has 0 saturated carbocycles. The van der Waals surface area contributed by atoms with Crippen LogP contribution in [0.25, 0.3) is 0 Å². The third-order valence-electron chi connectivity index (χ3n) is 3.44. The van der Waals surface area contributed by atoms with E-state index >= 15 is 0 Å². The number of benzene rings is 1. The van der Waals surface area contributed by atoms with Crippen molar-refractivity contribution in [2.24, 2.45) is 5.41 Å². The lowest BCUT2D eigenvalue weighted by Crippen LogP contribution is -2.39. The maximum atomic E-state index is 12.1. The van der Waals surface area contributed by atoms with E-state index in [2.05, 4.69) is 10.3 Å². The molecule has 2 aromatic rings. The molecule has 1 atom stereocenters. The molecule has 0 saturated heterocycles. The fraction of sp³-hybridized carbons (Fsp3) is 0.333. The summed E-state index contributed by atoms with van der Waals surface area (Å²) in [5.41, 5.74) is 0.249. The molecule has 1 unspecified atom stereocenters. The van der Waals surface area contributed by atoms with Crippen LogP contribution in [-0.2, 0) is 0 Å². The molecule has 1 heterocycles. The Kier molecular flexibility index (Phi) is 5.34. The Labute approximate surface area is 136 Å². The van der Waals surface area contributed by atoms with Crippen molar-refractivity contribution in [1.82, 2.24) is 10.3 Å². The highest BCUT2D eigenvalue weighted by Gasteiger charge is 2.22. The Morgan fingerprint density at radius 3 is 2.48 bits per heavy atom. The number of aromatic nitrogens is 1. The van der Waals surface area contributed by atoms with Gasteiger partial charge in [-0.3, -0.25) is 9.78 Å². The van der Waals surface area contributed by atoms with Gasteiger partial charge < -0.3 is 15.2 Å². The first-order valence-electron chi connectivity index (χ1n) is 7.50. The van der Waals surface area contributed by atoms with Gasteiger partial charge in [-0.15, -0.1) is 0 Å². The average molecular weight is 314 g/mol. The molecular formula is C18H22N2O3. The molecule has 0 aliphatic rings. The summed E-state index contributed by atoms with van der Waals surface area (Å²) in [7, 11) is 0. The smallest absolute Gasteiger partial charge is 0.251 e. The second kappa shape index (κ2) is 7.24. The van der Waals surface area contributed by atoms with Crippen LogP contribution in [0.15, 0.2) is 48.8 Å². The molecule has 0 aliphatic heterocycles. The van der Waals surface area contributed by atoms with Crippen LogP contribution in [0.2, 0.25) is 0 Å². The molecule has 5 heteroatoms. The van der Waals surface area contributed by atoms with Gasteiger partial charge in [0.15, 0.2) is 0 Å². The SMILES string of the molecule is CC(C)(C)C(O)CNC(=O)c1ccc(Oc2cccnc2)cc1. The van der Waals surface area contributed by atoms with Crippen LogP contribution in [-0.4, -0.2) is 28.6 Å². The largest absolute Gasteiger partial charge is 0.456 e. The predicted molar refractivity (Wildman–Crippen MR) is 88.5 cm³/mol. The van der Waals surface area contributed by atoms with E-state index < -0.39 is 6.10 Å². The fourth-order valence-electron chi connectivity index (χ4n) is 1.82. The Bertz CT molecular complexity index is 634. The van der Waals surface area contributed by atoms with Crippen molar-refractivity contribution in [3.05, 3.63) is 54.4 Å². The number of ether oxygens (including phenoxy) is 1. The predicted octanol–water partition coefficient (Wildman–Crippen LogP) is 3.01. The zero-order valence-electron chi connectivity index (χ0n) is 13.6. The topological polar surface area (TPSA) is 71.5 Å². The zero-order chi connectivity index (χ0) is 16.9. The molecule has 2 rings (SSSR count). The number of rotatable bonds is 5. The highest BCUT2D eigenvalue weighted by Crippen LogP contribution is 2.21. The number of hydrogen-bond donors (Lipinski definition) is 2. The number of pyridine rings is 1. The van der Waals surface area contributed by atoms with Crippen molar-refractivity contribution in [3.63, 3.8) is 0 Å². The van der Waals surface area contributed by atoms with Crippen LogP contribution < -0.4 is 10.1 Å². The van der Waals surface area contributed by atoms with Crippen molar-refractivity contribution in [1.29, 1.82) is 0 Å². The van der Waals surface area contributed by atoms with Crippen molar-refractivity contribution >= 4 is 5.91 Å². The van der Waals surface area contributed by atoms with Gasteiger partial charge in [-0.1, -0.05) is 20.8 Å². The second-order valence-electron chi connectivity index (χ2n) is 6.41. The van der Waals surface area contributed by atoms with Crippen LogP contribution in [0.4, 0.5) is 0 Å². The van der Waals surface area contributed by atoms with E-state index in [-0.39, 0.29) is 17.9 Å². The van der Waals surface area contributed by atoms with E-state index in [1.807, 2.05) is 26.8 Å². The first kappa shape index (κ1) is 17.0. The van der Waals surface area contributed by atoms with Crippen LogP contribution in [0.1, 0.15) is 31.1 Å². The molecule has 1 amide bonds. The number of amides is 1. The number of carbonyl (C=O) groups is 1. The van der Waals surface area contributed by atoms with Crippen LogP contribution in [0, 0.1) is 5.41 Å². The number of aliphatic hydroxyl groups excluding tert-OH is 1. The minimum Gasteiger partial charge on any atom is -0.456 e. The summed E-state index contributed by atoms with van der Waals surface area (Å²) in [5, 5.41) is 12.7. The number of nitrogens with zero attached hydrogens (tertiary/aromatic N) is 1. The lowest BCUT2D eigenvalue weighted by molar-refractivity contribution is 0.0587. The van der Waals surface area contributed by atoms with Gasteiger partial charge in [-0.2, -0.15) is 0 Å². The summed E-state index contributed by atoms with van der Waals surface area (Å²) in [6.45, 7) is 5.99. The van der Waals surface area contributed by atoms with Gasteiger partial charge in [-0.05, 0) is 41.8 Å². The molecule has 0 aliphatic carbocycles. The molecule has 0 bridgehead atoms.